The summed E-state index contributed by atoms with van der Waals surface area (Å²) in [6, 6.07) is 16.3. The largest absolute Gasteiger partial charge is 0.328 e. The van der Waals surface area contributed by atoms with Crippen molar-refractivity contribution in [3.8, 4) is 11.3 Å². The minimum atomic E-state index is -0.276. The molecule has 7 heteroatoms. The van der Waals surface area contributed by atoms with Crippen molar-refractivity contribution in [2.24, 2.45) is 0 Å². The first kappa shape index (κ1) is 20.7. The number of piperazine rings is 1. The van der Waals surface area contributed by atoms with Gasteiger partial charge in [-0.3, -0.25) is 9.69 Å². The van der Waals surface area contributed by atoms with E-state index in [2.05, 4.69) is 7.05 Å². The quantitative estimate of drug-likeness (QED) is 0.615. The van der Waals surface area contributed by atoms with Crippen molar-refractivity contribution in [3.05, 3.63) is 71.4 Å². The van der Waals surface area contributed by atoms with Crippen LogP contribution in [0.2, 0.25) is 0 Å². The molecule has 1 saturated heterocycles. The summed E-state index contributed by atoms with van der Waals surface area (Å²) in [5.74, 6) is -0.218. The molecule has 1 aliphatic rings. The monoisotopic (exact) mass is 426 g/mol. The maximum absolute atomic E-state index is 13.3. The third-order valence-corrected chi connectivity index (χ3v) is 6.42. The molecule has 156 valence electrons. The Bertz CT molecular complexity index is 968. The molecule has 4 rings (SSSR count). The lowest BCUT2D eigenvalue weighted by molar-refractivity contribution is -1.000. The number of anilines is 1. The Hall–Kier alpha value is -2.61. The van der Waals surface area contributed by atoms with E-state index in [0.717, 1.165) is 43.0 Å². The van der Waals surface area contributed by atoms with Crippen LogP contribution in [-0.2, 0) is 11.3 Å². The fraction of sp³-hybridized carbons (Fsp3) is 0.304. The number of carbonyl (C=O) groups excluding carboxylic acids is 1. The predicted octanol–water partition coefficient (Wildman–Crippen LogP) is 0.896. The van der Waals surface area contributed by atoms with Crippen molar-refractivity contribution in [2.45, 2.75) is 6.54 Å². The first-order valence-electron chi connectivity index (χ1n) is 10.3. The third-order valence-electron chi connectivity index (χ3n) is 5.56. The maximum Gasteiger partial charge on any atom is 0.284 e. The number of nitrogens with one attached hydrogen (secondary N) is 2. The number of hydrogen-bond donors (Lipinski definition) is 2. The van der Waals surface area contributed by atoms with Crippen molar-refractivity contribution in [1.29, 1.82) is 0 Å². The van der Waals surface area contributed by atoms with E-state index in [0.29, 0.717) is 18.2 Å². The summed E-state index contributed by atoms with van der Waals surface area (Å²) < 4.78 is 13.3. The summed E-state index contributed by atoms with van der Waals surface area (Å²) in [6.07, 6.45) is 0. The van der Waals surface area contributed by atoms with Crippen LogP contribution in [0.4, 0.5) is 9.52 Å². The van der Waals surface area contributed by atoms with Gasteiger partial charge in [-0.05, 0) is 17.7 Å². The first-order valence-corrected chi connectivity index (χ1v) is 11.2. The van der Waals surface area contributed by atoms with Gasteiger partial charge in [-0.2, -0.15) is 0 Å². The fourth-order valence-corrected chi connectivity index (χ4v) is 4.53. The Morgan fingerprint density at radius 1 is 1.07 bits per heavy atom. The zero-order chi connectivity index (χ0) is 20.9. The second-order valence-electron chi connectivity index (χ2n) is 7.87. The topological polar surface area (TPSA) is 42.1 Å². The van der Waals surface area contributed by atoms with Crippen LogP contribution >= 0.6 is 11.3 Å². The minimum absolute atomic E-state index is 0.0582. The number of thiazole rings is 1. The number of benzene rings is 2. The number of carbonyl (C=O) groups is 1. The average Bonchev–Trinajstić information content (AvgIpc) is 3.25. The number of quaternary nitrogens is 2. The van der Waals surface area contributed by atoms with Crippen LogP contribution in [0.15, 0.2) is 60.0 Å². The van der Waals surface area contributed by atoms with E-state index in [1.807, 2.05) is 35.7 Å². The van der Waals surface area contributed by atoms with Gasteiger partial charge in [0.05, 0.1) is 19.3 Å². The van der Waals surface area contributed by atoms with E-state index >= 15 is 0 Å². The van der Waals surface area contributed by atoms with Gasteiger partial charge in [0.1, 0.15) is 32.0 Å². The molecule has 0 bridgehead atoms. The lowest BCUT2D eigenvalue weighted by Crippen LogP contribution is -3.27. The van der Waals surface area contributed by atoms with E-state index in [9.17, 15) is 9.18 Å². The molecule has 2 aromatic carbocycles. The van der Waals surface area contributed by atoms with E-state index < -0.39 is 0 Å². The number of aromatic nitrogens is 1. The van der Waals surface area contributed by atoms with Crippen molar-refractivity contribution >= 4 is 22.4 Å². The van der Waals surface area contributed by atoms with E-state index in [1.54, 1.807) is 17.0 Å². The molecule has 0 spiro atoms. The molecule has 3 aromatic rings. The number of amides is 1. The lowest BCUT2D eigenvalue weighted by Gasteiger charge is -2.28. The van der Waals surface area contributed by atoms with Gasteiger partial charge in [0, 0.05) is 10.9 Å². The number of rotatable bonds is 6. The molecule has 0 unspecified atom stereocenters. The number of halogens is 1. The van der Waals surface area contributed by atoms with Gasteiger partial charge in [-0.25, -0.2) is 9.37 Å². The van der Waals surface area contributed by atoms with Crippen LogP contribution in [0.25, 0.3) is 11.3 Å². The van der Waals surface area contributed by atoms with Crippen LogP contribution in [-0.4, -0.2) is 50.7 Å². The SMILES string of the molecule is C[NH+]1CC[NH+](CC(=O)N(Cc2ccc(F)cc2)c2nc(-c3ccccc3)cs2)CC1. The highest BCUT2D eigenvalue weighted by atomic mass is 32.1. The maximum atomic E-state index is 13.3. The molecule has 30 heavy (non-hydrogen) atoms. The van der Waals surface area contributed by atoms with Gasteiger partial charge in [-0.1, -0.05) is 42.5 Å². The Morgan fingerprint density at radius 3 is 2.47 bits per heavy atom. The normalized spacial score (nSPS) is 18.9. The average molecular weight is 427 g/mol. The zero-order valence-corrected chi connectivity index (χ0v) is 17.9. The van der Waals surface area contributed by atoms with Crippen LogP contribution in [0, 0.1) is 5.82 Å². The van der Waals surface area contributed by atoms with Gasteiger partial charge in [0.25, 0.3) is 5.91 Å². The third kappa shape index (κ3) is 5.11. The molecule has 0 saturated carbocycles. The molecule has 0 aliphatic carbocycles. The van der Waals surface area contributed by atoms with Gasteiger partial charge in [-0.15, -0.1) is 11.3 Å². The van der Waals surface area contributed by atoms with Crippen LogP contribution in [0.1, 0.15) is 5.56 Å². The molecular formula is C23H27FN4OS+2. The Morgan fingerprint density at radius 2 is 1.77 bits per heavy atom. The van der Waals surface area contributed by atoms with Gasteiger partial charge < -0.3 is 9.80 Å². The van der Waals surface area contributed by atoms with Crippen molar-refractivity contribution in [1.82, 2.24) is 4.98 Å². The molecule has 0 atom stereocenters. The smallest absolute Gasteiger partial charge is 0.284 e. The van der Waals surface area contributed by atoms with Gasteiger partial charge in [0.15, 0.2) is 11.7 Å². The molecule has 5 nitrogen and oxygen atoms in total. The molecule has 2 N–H and O–H groups in total. The van der Waals surface area contributed by atoms with Crippen LogP contribution in [0.5, 0.6) is 0 Å². The second kappa shape index (κ2) is 9.47. The Labute approximate surface area is 180 Å². The molecule has 2 heterocycles. The van der Waals surface area contributed by atoms with E-state index in [4.69, 9.17) is 4.98 Å². The molecule has 1 aliphatic heterocycles. The molecular weight excluding hydrogens is 399 g/mol. The fourth-order valence-electron chi connectivity index (χ4n) is 3.68. The Kier molecular flexibility index (Phi) is 6.52. The van der Waals surface area contributed by atoms with Crippen molar-refractivity contribution < 1.29 is 19.0 Å². The number of likely N-dealkylation sites (N-methyl/N-ethyl adjacent to an activating group) is 1. The van der Waals surface area contributed by atoms with Gasteiger partial charge >= 0.3 is 0 Å². The minimum Gasteiger partial charge on any atom is -0.328 e. The highest BCUT2D eigenvalue weighted by Gasteiger charge is 2.27. The summed E-state index contributed by atoms with van der Waals surface area (Å²) in [4.78, 5) is 22.6. The summed E-state index contributed by atoms with van der Waals surface area (Å²) in [5, 5.41) is 2.67. The van der Waals surface area contributed by atoms with E-state index in [1.165, 1.54) is 33.3 Å². The summed E-state index contributed by atoms with van der Waals surface area (Å²) in [5.41, 5.74) is 2.78. The van der Waals surface area contributed by atoms with Crippen LogP contribution in [0.3, 0.4) is 0 Å². The molecule has 1 amide bonds. The lowest BCUT2D eigenvalue weighted by atomic mass is 10.2. The number of nitrogens with zero attached hydrogens (tertiary/aromatic N) is 2. The van der Waals surface area contributed by atoms with E-state index in [-0.39, 0.29) is 11.7 Å². The first-order chi connectivity index (χ1) is 14.6. The van der Waals surface area contributed by atoms with Crippen molar-refractivity contribution in [2.75, 3.05) is 44.7 Å². The highest BCUT2D eigenvalue weighted by molar-refractivity contribution is 7.14. The predicted molar refractivity (Wildman–Crippen MR) is 117 cm³/mol. The standard InChI is InChI=1S/C23H25FN4OS/c1-26-11-13-27(14-12-26)16-22(29)28(15-18-7-9-20(24)10-8-18)23-25-21(17-30-23)19-5-3-2-4-6-19/h2-10,17H,11-16H2,1H3/p+2. The summed E-state index contributed by atoms with van der Waals surface area (Å²) >= 11 is 1.47. The van der Waals surface area contributed by atoms with Crippen molar-refractivity contribution in [3.63, 3.8) is 0 Å². The summed E-state index contributed by atoms with van der Waals surface area (Å²) in [7, 11) is 2.19. The highest BCUT2D eigenvalue weighted by Crippen LogP contribution is 2.28. The molecule has 1 aromatic heterocycles. The van der Waals surface area contributed by atoms with Gasteiger partial charge in [0.2, 0.25) is 0 Å². The number of hydrogen-bond acceptors (Lipinski definition) is 3. The molecule has 0 radical (unpaired) electrons. The molecule has 1 fully saturated rings. The van der Waals surface area contributed by atoms with Crippen LogP contribution < -0.4 is 14.7 Å². The summed E-state index contributed by atoms with van der Waals surface area (Å²) in [6.45, 7) is 4.99. The second-order valence-corrected chi connectivity index (χ2v) is 8.71. The Balaban J connectivity index is 1.56. The zero-order valence-electron chi connectivity index (χ0n) is 17.1.